The normalized spacial score (nSPS) is 22.0. The highest BCUT2D eigenvalue weighted by molar-refractivity contribution is 7.99. The molecule has 0 aromatic carbocycles. The number of rotatable bonds is 4. The average Bonchev–Trinajstić information content (AvgIpc) is 2.92. The zero-order chi connectivity index (χ0) is 12.4. The molecule has 1 aliphatic rings. The Bertz CT molecular complexity index is 388. The first-order valence-corrected chi connectivity index (χ1v) is 7.62. The molecular weight excluding hydrogens is 256 g/mol. The molecule has 2 unspecified atom stereocenters. The Morgan fingerprint density at radius 3 is 2.94 bits per heavy atom. The van der Waals surface area contributed by atoms with E-state index in [2.05, 4.69) is 5.10 Å². The van der Waals surface area contributed by atoms with Gasteiger partial charge in [-0.2, -0.15) is 16.9 Å². The molecule has 2 heterocycles. The van der Waals surface area contributed by atoms with Crippen LogP contribution < -0.4 is 0 Å². The lowest BCUT2D eigenvalue weighted by Gasteiger charge is -2.17. The summed E-state index contributed by atoms with van der Waals surface area (Å²) in [6.07, 6.45) is 2.28. The highest BCUT2D eigenvalue weighted by atomic mass is 35.5. The van der Waals surface area contributed by atoms with E-state index < -0.39 is 0 Å². The Morgan fingerprint density at radius 1 is 1.65 bits per heavy atom. The molecular formula is C12H19ClN2OS. The number of thioether (sulfide) groups is 1. The third-order valence-electron chi connectivity index (χ3n) is 3.41. The summed E-state index contributed by atoms with van der Waals surface area (Å²) in [6.45, 7) is 2.04. The van der Waals surface area contributed by atoms with Crippen LogP contribution in [0, 0.1) is 5.92 Å². The summed E-state index contributed by atoms with van der Waals surface area (Å²) < 4.78 is 1.81. The van der Waals surface area contributed by atoms with Crippen molar-refractivity contribution in [2.75, 3.05) is 11.5 Å². The SMILES string of the molecule is CCc1nn(C)c(CC(O)C2CCSC2)c1Cl. The van der Waals surface area contributed by atoms with E-state index in [1.807, 2.05) is 30.4 Å². The second kappa shape index (κ2) is 5.63. The van der Waals surface area contributed by atoms with Gasteiger partial charge in [-0.3, -0.25) is 4.68 Å². The minimum Gasteiger partial charge on any atom is -0.392 e. The van der Waals surface area contributed by atoms with Crippen LogP contribution in [0.15, 0.2) is 0 Å². The van der Waals surface area contributed by atoms with Gasteiger partial charge >= 0.3 is 0 Å². The quantitative estimate of drug-likeness (QED) is 0.916. The topological polar surface area (TPSA) is 38.0 Å². The van der Waals surface area contributed by atoms with E-state index in [1.54, 1.807) is 0 Å². The van der Waals surface area contributed by atoms with Gasteiger partial charge in [-0.15, -0.1) is 0 Å². The molecule has 0 spiro atoms. The van der Waals surface area contributed by atoms with Crippen LogP contribution >= 0.6 is 23.4 Å². The molecule has 1 aliphatic heterocycles. The summed E-state index contributed by atoms with van der Waals surface area (Å²) in [7, 11) is 1.90. The summed E-state index contributed by atoms with van der Waals surface area (Å²) in [5.74, 6) is 2.65. The van der Waals surface area contributed by atoms with Crippen LogP contribution in [0.4, 0.5) is 0 Å². The van der Waals surface area contributed by atoms with Crippen LogP contribution in [-0.4, -0.2) is 32.5 Å². The summed E-state index contributed by atoms with van der Waals surface area (Å²) >= 11 is 8.20. The number of hydrogen-bond acceptors (Lipinski definition) is 3. The first kappa shape index (κ1) is 13.2. The molecule has 17 heavy (non-hydrogen) atoms. The maximum Gasteiger partial charge on any atom is 0.0850 e. The molecule has 0 amide bonds. The monoisotopic (exact) mass is 274 g/mol. The van der Waals surface area contributed by atoms with Gasteiger partial charge in [-0.1, -0.05) is 18.5 Å². The lowest BCUT2D eigenvalue weighted by molar-refractivity contribution is 0.118. The number of hydrogen-bond donors (Lipinski definition) is 1. The summed E-state index contributed by atoms with van der Waals surface area (Å²) in [5.41, 5.74) is 1.89. The van der Waals surface area contributed by atoms with Crippen molar-refractivity contribution in [3.05, 3.63) is 16.4 Å². The minimum absolute atomic E-state index is 0.289. The number of halogens is 1. The Kier molecular flexibility index (Phi) is 4.39. The predicted octanol–water partition coefficient (Wildman–Crippen LogP) is 2.29. The number of aliphatic hydroxyl groups is 1. The summed E-state index contributed by atoms with van der Waals surface area (Å²) in [4.78, 5) is 0. The number of aryl methyl sites for hydroxylation is 2. The van der Waals surface area contributed by atoms with Gasteiger partial charge in [0.1, 0.15) is 0 Å². The minimum atomic E-state index is -0.289. The Morgan fingerprint density at radius 2 is 2.41 bits per heavy atom. The summed E-state index contributed by atoms with van der Waals surface area (Å²) in [6, 6.07) is 0. The van der Waals surface area contributed by atoms with E-state index in [0.717, 1.165) is 35.0 Å². The van der Waals surface area contributed by atoms with Crippen molar-refractivity contribution in [2.24, 2.45) is 13.0 Å². The maximum atomic E-state index is 10.2. The van der Waals surface area contributed by atoms with Gasteiger partial charge in [-0.25, -0.2) is 0 Å². The van der Waals surface area contributed by atoms with Crippen LogP contribution in [0.25, 0.3) is 0 Å². The fourth-order valence-electron chi connectivity index (χ4n) is 2.26. The first-order chi connectivity index (χ1) is 8.13. The molecule has 2 atom stereocenters. The smallest absolute Gasteiger partial charge is 0.0850 e. The molecule has 1 saturated heterocycles. The van der Waals surface area contributed by atoms with Gasteiger partial charge in [0.25, 0.3) is 0 Å². The zero-order valence-electron chi connectivity index (χ0n) is 10.3. The molecule has 1 aromatic heterocycles. The van der Waals surface area contributed by atoms with Crippen molar-refractivity contribution in [2.45, 2.75) is 32.3 Å². The van der Waals surface area contributed by atoms with Crippen molar-refractivity contribution in [3.63, 3.8) is 0 Å². The molecule has 1 fully saturated rings. The number of aromatic nitrogens is 2. The van der Waals surface area contributed by atoms with Crippen molar-refractivity contribution >= 4 is 23.4 Å². The molecule has 0 saturated carbocycles. The molecule has 0 bridgehead atoms. The van der Waals surface area contributed by atoms with Gasteiger partial charge < -0.3 is 5.11 Å². The van der Waals surface area contributed by atoms with Gasteiger partial charge in [0, 0.05) is 13.5 Å². The van der Waals surface area contributed by atoms with E-state index in [4.69, 9.17) is 11.6 Å². The van der Waals surface area contributed by atoms with Crippen LogP contribution in [0.1, 0.15) is 24.7 Å². The van der Waals surface area contributed by atoms with E-state index in [0.29, 0.717) is 12.3 Å². The third-order valence-corrected chi connectivity index (χ3v) is 5.04. The molecule has 0 radical (unpaired) electrons. The average molecular weight is 275 g/mol. The van der Waals surface area contributed by atoms with Gasteiger partial charge in [0.15, 0.2) is 0 Å². The lowest BCUT2D eigenvalue weighted by atomic mass is 9.98. The Labute approximate surface area is 112 Å². The number of nitrogens with zero attached hydrogens (tertiary/aromatic N) is 2. The highest BCUT2D eigenvalue weighted by Gasteiger charge is 2.26. The third kappa shape index (κ3) is 2.80. The maximum absolute atomic E-state index is 10.2. The van der Waals surface area contributed by atoms with E-state index in [1.165, 1.54) is 5.75 Å². The summed E-state index contributed by atoms with van der Waals surface area (Å²) in [5, 5.41) is 15.3. The molecule has 2 rings (SSSR count). The van der Waals surface area contributed by atoms with Crippen molar-refractivity contribution in [1.82, 2.24) is 9.78 Å². The largest absolute Gasteiger partial charge is 0.392 e. The van der Waals surface area contributed by atoms with Crippen LogP contribution in [-0.2, 0) is 19.9 Å². The van der Waals surface area contributed by atoms with Crippen molar-refractivity contribution in [1.29, 1.82) is 0 Å². The van der Waals surface area contributed by atoms with Crippen molar-refractivity contribution < 1.29 is 5.11 Å². The molecule has 1 N–H and O–H groups in total. The Balaban J connectivity index is 2.09. The Hall–Kier alpha value is -0.190. The molecule has 1 aromatic rings. The van der Waals surface area contributed by atoms with Crippen LogP contribution in [0.5, 0.6) is 0 Å². The first-order valence-electron chi connectivity index (χ1n) is 6.09. The van der Waals surface area contributed by atoms with Gasteiger partial charge in [0.05, 0.1) is 22.5 Å². The zero-order valence-corrected chi connectivity index (χ0v) is 11.9. The highest BCUT2D eigenvalue weighted by Crippen LogP contribution is 2.29. The van der Waals surface area contributed by atoms with Crippen LogP contribution in [0.3, 0.4) is 0 Å². The van der Waals surface area contributed by atoms with Crippen LogP contribution in [0.2, 0.25) is 5.02 Å². The van der Waals surface area contributed by atoms with Gasteiger partial charge in [-0.05, 0) is 30.3 Å². The molecule has 5 heteroatoms. The standard InChI is InChI=1S/C12H19ClN2OS/c1-3-9-12(13)10(15(2)14-9)6-11(16)8-4-5-17-7-8/h8,11,16H,3-7H2,1-2H3. The lowest BCUT2D eigenvalue weighted by Crippen LogP contribution is -2.23. The second-order valence-electron chi connectivity index (χ2n) is 4.58. The van der Waals surface area contributed by atoms with Gasteiger partial charge in [0.2, 0.25) is 0 Å². The van der Waals surface area contributed by atoms with E-state index in [9.17, 15) is 5.11 Å². The van der Waals surface area contributed by atoms with E-state index in [-0.39, 0.29) is 6.10 Å². The fourth-order valence-corrected chi connectivity index (χ4v) is 3.96. The molecule has 96 valence electrons. The predicted molar refractivity (Wildman–Crippen MR) is 72.7 cm³/mol. The second-order valence-corrected chi connectivity index (χ2v) is 6.11. The molecule has 0 aliphatic carbocycles. The van der Waals surface area contributed by atoms with E-state index >= 15 is 0 Å². The number of aliphatic hydroxyl groups excluding tert-OH is 1. The van der Waals surface area contributed by atoms with Crippen molar-refractivity contribution in [3.8, 4) is 0 Å². The molecule has 3 nitrogen and oxygen atoms in total. The fraction of sp³-hybridized carbons (Fsp3) is 0.750.